The van der Waals surface area contributed by atoms with Gasteiger partial charge in [0.2, 0.25) is 0 Å². The Hall–Kier alpha value is -1.06. The van der Waals surface area contributed by atoms with Gasteiger partial charge in [-0.2, -0.15) is 0 Å². The summed E-state index contributed by atoms with van der Waals surface area (Å²) in [5, 5.41) is 3.59. The summed E-state index contributed by atoms with van der Waals surface area (Å²) in [6.45, 7) is 3.60. The molecular formula is C18H28N2O. The highest BCUT2D eigenvalue weighted by Gasteiger charge is 2.37. The Bertz CT molecular complexity index is 488. The van der Waals surface area contributed by atoms with Crippen LogP contribution in [0.4, 0.5) is 0 Å². The summed E-state index contributed by atoms with van der Waals surface area (Å²) in [5.74, 6) is 0.981. The molecule has 1 aliphatic heterocycles. The zero-order valence-electron chi connectivity index (χ0n) is 13.6. The second kappa shape index (κ2) is 6.37. The molecule has 1 aromatic rings. The number of ether oxygens (including phenoxy) is 1. The van der Waals surface area contributed by atoms with E-state index < -0.39 is 0 Å². The molecule has 1 aliphatic carbocycles. The number of likely N-dealkylation sites (tertiary alicyclic amines) is 1. The van der Waals surface area contributed by atoms with Crippen molar-refractivity contribution in [1.29, 1.82) is 0 Å². The van der Waals surface area contributed by atoms with Crippen molar-refractivity contribution >= 4 is 0 Å². The highest BCUT2D eigenvalue weighted by atomic mass is 16.5. The van der Waals surface area contributed by atoms with Crippen molar-refractivity contribution in [3.05, 3.63) is 29.3 Å². The Kier molecular flexibility index (Phi) is 4.51. The number of hydrogen-bond acceptors (Lipinski definition) is 3. The maximum absolute atomic E-state index is 5.38. The predicted molar refractivity (Wildman–Crippen MR) is 86.9 cm³/mol. The molecule has 3 heteroatoms. The average molecular weight is 288 g/mol. The molecule has 0 amide bonds. The molecule has 3 atom stereocenters. The number of benzene rings is 1. The SMILES string of the molecule is CCC1CCCN1C1CCc2cc(OC)ccc2C1NC. The molecule has 0 saturated carbocycles. The lowest BCUT2D eigenvalue weighted by atomic mass is 9.82. The third-order valence-electron chi connectivity index (χ3n) is 5.41. The monoisotopic (exact) mass is 288 g/mol. The number of nitrogens with zero attached hydrogens (tertiary/aromatic N) is 1. The Morgan fingerprint density at radius 2 is 2.19 bits per heavy atom. The topological polar surface area (TPSA) is 24.5 Å². The summed E-state index contributed by atoms with van der Waals surface area (Å²) in [7, 11) is 3.85. The van der Waals surface area contributed by atoms with Crippen molar-refractivity contribution in [3.63, 3.8) is 0 Å². The number of hydrogen-bond donors (Lipinski definition) is 1. The lowest BCUT2D eigenvalue weighted by molar-refractivity contribution is 0.127. The van der Waals surface area contributed by atoms with Gasteiger partial charge in [0.25, 0.3) is 0 Å². The third kappa shape index (κ3) is 2.69. The van der Waals surface area contributed by atoms with Crippen LogP contribution >= 0.6 is 0 Å². The normalized spacial score (nSPS) is 29.4. The van der Waals surface area contributed by atoms with Gasteiger partial charge in [0.1, 0.15) is 5.75 Å². The van der Waals surface area contributed by atoms with E-state index in [4.69, 9.17) is 4.74 Å². The van der Waals surface area contributed by atoms with Gasteiger partial charge in [0.05, 0.1) is 7.11 Å². The fourth-order valence-corrected chi connectivity index (χ4v) is 4.34. The number of aryl methyl sites for hydroxylation is 1. The molecule has 0 aromatic heterocycles. The Morgan fingerprint density at radius 1 is 1.33 bits per heavy atom. The molecule has 3 nitrogen and oxygen atoms in total. The van der Waals surface area contributed by atoms with Crippen molar-refractivity contribution in [2.45, 2.75) is 57.2 Å². The zero-order valence-corrected chi connectivity index (χ0v) is 13.6. The maximum atomic E-state index is 5.38. The first kappa shape index (κ1) is 14.9. The summed E-state index contributed by atoms with van der Waals surface area (Å²) >= 11 is 0. The van der Waals surface area contributed by atoms with Gasteiger partial charge >= 0.3 is 0 Å². The average Bonchev–Trinajstić information content (AvgIpc) is 3.01. The first-order chi connectivity index (χ1) is 10.3. The Labute approximate surface area is 128 Å². The zero-order chi connectivity index (χ0) is 14.8. The van der Waals surface area contributed by atoms with Crippen LogP contribution in [0.15, 0.2) is 18.2 Å². The molecule has 21 heavy (non-hydrogen) atoms. The number of rotatable bonds is 4. The fourth-order valence-electron chi connectivity index (χ4n) is 4.34. The van der Waals surface area contributed by atoms with E-state index in [9.17, 15) is 0 Å². The highest BCUT2D eigenvalue weighted by molar-refractivity contribution is 5.40. The largest absolute Gasteiger partial charge is 0.497 e. The first-order valence-corrected chi connectivity index (χ1v) is 8.38. The van der Waals surface area contributed by atoms with Crippen LogP contribution in [0.1, 0.15) is 49.8 Å². The molecular weight excluding hydrogens is 260 g/mol. The minimum Gasteiger partial charge on any atom is -0.497 e. The standard InChI is InChI=1S/C18H28N2O/c1-4-14-6-5-11-20(14)17-10-7-13-12-15(21-3)8-9-16(13)18(17)19-2/h8-9,12,14,17-19H,4-7,10-11H2,1-3H3. The van der Waals surface area contributed by atoms with E-state index in [2.05, 4.69) is 42.4 Å². The molecule has 0 spiro atoms. The first-order valence-electron chi connectivity index (χ1n) is 8.38. The molecule has 116 valence electrons. The second-order valence-corrected chi connectivity index (χ2v) is 6.38. The van der Waals surface area contributed by atoms with Crippen molar-refractivity contribution < 1.29 is 4.74 Å². The van der Waals surface area contributed by atoms with Crippen LogP contribution in [-0.2, 0) is 6.42 Å². The van der Waals surface area contributed by atoms with Crippen LogP contribution < -0.4 is 10.1 Å². The number of likely N-dealkylation sites (N-methyl/N-ethyl adjacent to an activating group) is 1. The minimum absolute atomic E-state index is 0.451. The summed E-state index contributed by atoms with van der Waals surface area (Å²) in [6.07, 6.45) is 6.44. The van der Waals surface area contributed by atoms with Gasteiger partial charge in [-0.3, -0.25) is 4.90 Å². The summed E-state index contributed by atoms with van der Waals surface area (Å²) < 4.78 is 5.38. The molecule has 2 aliphatic rings. The molecule has 1 N–H and O–H groups in total. The quantitative estimate of drug-likeness (QED) is 0.921. The molecule has 3 rings (SSSR count). The smallest absolute Gasteiger partial charge is 0.119 e. The van der Waals surface area contributed by atoms with E-state index in [0.717, 1.165) is 11.8 Å². The molecule has 1 saturated heterocycles. The van der Waals surface area contributed by atoms with Crippen LogP contribution in [0, 0.1) is 0 Å². The van der Waals surface area contributed by atoms with Crippen LogP contribution in [0.2, 0.25) is 0 Å². The number of methoxy groups -OCH3 is 1. The van der Waals surface area contributed by atoms with Gasteiger partial charge in [-0.15, -0.1) is 0 Å². The van der Waals surface area contributed by atoms with E-state index in [1.807, 2.05) is 0 Å². The van der Waals surface area contributed by atoms with Crippen LogP contribution in [0.5, 0.6) is 5.75 Å². The third-order valence-corrected chi connectivity index (χ3v) is 5.41. The van der Waals surface area contributed by atoms with Gasteiger partial charge in [-0.05, 0) is 69.0 Å². The summed E-state index contributed by atoms with van der Waals surface area (Å²) in [5.41, 5.74) is 2.92. The number of nitrogens with one attached hydrogen (secondary N) is 1. The van der Waals surface area contributed by atoms with E-state index in [-0.39, 0.29) is 0 Å². The van der Waals surface area contributed by atoms with E-state index in [1.165, 1.54) is 49.8 Å². The molecule has 1 aromatic carbocycles. The van der Waals surface area contributed by atoms with Crippen molar-refractivity contribution in [1.82, 2.24) is 10.2 Å². The molecule has 0 radical (unpaired) electrons. The van der Waals surface area contributed by atoms with E-state index >= 15 is 0 Å². The van der Waals surface area contributed by atoms with Crippen LogP contribution in [-0.4, -0.2) is 37.7 Å². The summed E-state index contributed by atoms with van der Waals surface area (Å²) in [4.78, 5) is 2.77. The lowest BCUT2D eigenvalue weighted by Gasteiger charge is -2.41. The molecule has 1 heterocycles. The van der Waals surface area contributed by atoms with Gasteiger partial charge in [0.15, 0.2) is 0 Å². The maximum Gasteiger partial charge on any atom is 0.119 e. The van der Waals surface area contributed by atoms with E-state index in [0.29, 0.717) is 12.1 Å². The predicted octanol–water partition coefficient (Wildman–Crippen LogP) is 3.14. The van der Waals surface area contributed by atoms with Gasteiger partial charge < -0.3 is 10.1 Å². The van der Waals surface area contributed by atoms with Crippen LogP contribution in [0.25, 0.3) is 0 Å². The van der Waals surface area contributed by atoms with Gasteiger partial charge in [-0.1, -0.05) is 13.0 Å². The van der Waals surface area contributed by atoms with Crippen molar-refractivity contribution in [3.8, 4) is 5.75 Å². The second-order valence-electron chi connectivity index (χ2n) is 6.38. The molecule has 3 unspecified atom stereocenters. The Morgan fingerprint density at radius 3 is 2.90 bits per heavy atom. The van der Waals surface area contributed by atoms with Gasteiger partial charge in [0, 0.05) is 18.1 Å². The Balaban J connectivity index is 1.88. The molecule has 0 bridgehead atoms. The van der Waals surface area contributed by atoms with Gasteiger partial charge in [-0.25, -0.2) is 0 Å². The van der Waals surface area contributed by atoms with Crippen molar-refractivity contribution in [2.24, 2.45) is 0 Å². The van der Waals surface area contributed by atoms with Crippen molar-refractivity contribution in [2.75, 3.05) is 20.7 Å². The lowest BCUT2D eigenvalue weighted by Crippen LogP contribution is -2.48. The fraction of sp³-hybridized carbons (Fsp3) is 0.667. The molecule has 1 fully saturated rings. The summed E-state index contributed by atoms with van der Waals surface area (Å²) in [6, 6.07) is 8.46. The number of fused-ring (bicyclic) bond motifs is 1. The van der Waals surface area contributed by atoms with E-state index in [1.54, 1.807) is 7.11 Å². The van der Waals surface area contributed by atoms with Crippen LogP contribution in [0.3, 0.4) is 0 Å². The minimum atomic E-state index is 0.451. The highest BCUT2D eigenvalue weighted by Crippen LogP contribution is 2.37.